The van der Waals surface area contributed by atoms with E-state index in [2.05, 4.69) is 5.32 Å². The van der Waals surface area contributed by atoms with Gasteiger partial charge in [-0.15, -0.1) is 0 Å². The molecule has 1 atom stereocenters. The number of rotatable bonds is 6. The fraction of sp³-hybridized carbons (Fsp3) is 0.538. The van der Waals surface area contributed by atoms with Gasteiger partial charge in [0.25, 0.3) is 9.84 Å². The van der Waals surface area contributed by atoms with Gasteiger partial charge in [-0.2, -0.15) is 13.2 Å². The van der Waals surface area contributed by atoms with Crippen LogP contribution in [0.25, 0.3) is 0 Å². The van der Waals surface area contributed by atoms with Crippen LogP contribution in [-0.2, 0) is 16.3 Å². The Labute approximate surface area is 117 Å². The second-order valence-corrected chi connectivity index (χ2v) is 6.40. The van der Waals surface area contributed by atoms with E-state index >= 15 is 0 Å². The Hall–Kier alpha value is -1.08. The van der Waals surface area contributed by atoms with Gasteiger partial charge < -0.3 is 5.32 Å². The summed E-state index contributed by atoms with van der Waals surface area (Å²) in [6.45, 7) is 4.79. The minimum absolute atomic E-state index is 0.227. The van der Waals surface area contributed by atoms with Crippen molar-refractivity contribution in [1.29, 1.82) is 0 Å². The van der Waals surface area contributed by atoms with Crippen LogP contribution in [0.1, 0.15) is 25.8 Å². The van der Waals surface area contributed by atoms with Crippen molar-refractivity contribution < 1.29 is 21.6 Å². The third-order valence-electron chi connectivity index (χ3n) is 3.01. The summed E-state index contributed by atoms with van der Waals surface area (Å²) in [7, 11) is -5.25. The average Bonchev–Trinajstić information content (AvgIpc) is 2.37. The predicted octanol–water partition coefficient (Wildman–Crippen LogP) is 2.91. The molecule has 7 heteroatoms. The third kappa shape index (κ3) is 3.96. The van der Waals surface area contributed by atoms with Gasteiger partial charge in [0, 0.05) is 6.04 Å². The van der Waals surface area contributed by atoms with Crippen molar-refractivity contribution in [2.24, 2.45) is 0 Å². The molecular formula is C13H18F3NO2S. The molecule has 0 bridgehead atoms. The van der Waals surface area contributed by atoms with E-state index in [1.165, 1.54) is 12.1 Å². The normalized spacial score (nSPS) is 14.2. The molecule has 0 aliphatic heterocycles. The minimum Gasteiger partial charge on any atom is -0.314 e. The van der Waals surface area contributed by atoms with E-state index in [0.717, 1.165) is 30.7 Å². The minimum atomic E-state index is -5.26. The molecule has 3 nitrogen and oxygen atoms in total. The van der Waals surface area contributed by atoms with Gasteiger partial charge in [-0.3, -0.25) is 0 Å². The zero-order valence-corrected chi connectivity index (χ0v) is 12.2. The molecule has 0 saturated carbocycles. The number of likely N-dealkylation sites (N-methyl/N-ethyl adjacent to an activating group) is 1. The zero-order valence-electron chi connectivity index (χ0n) is 11.4. The second kappa shape index (κ2) is 6.58. The lowest BCUT2D eigenvalue weighted by Gasteiger charge is -2.16. The highest BCUT2D eigenvalue weighted by molar-refractivity contribution is 7.92. The van der Waals surface area contributed by atoms with Crippen LogP contribution in [0.3, 0.4) is 0 Å². The summed E-state index contributed by atoms with van der Waals surface area (Å²) in [6.07, 6.45) is 1.53. The van der Waals surface area contributed by atoms with E-state index in [4.69, 9.17) is 0 Å². The summed E-state index contributed by atoms with van der Waals surface area (Å²) in [5.41, 5.74) is -4.46. The van der Waals surface area contributed by atoms with Gasteiger partial charge in [0.05, 0.1) is 4.90 Å². The van der Waals surface area contributed by atoms with Crippen molar-refractivity contribution in [3.63, 3.8) is 0 Å². The standard InChI is InChI=1S/C13H18F3NO2S/c1-3-11(17-4-2)9-10-5-7-12(8-6-10)20(18,19)13(14,15)16/h5-8,11,17H,3-4,9H2,1-2H3. The lowest BCUT2D eigenvalue weighted by atomic mass is 10.0. The van der Waals surface area contributed by atoms with Crippen LogP contribution in [0.5, 0.6) is 0 Å². The maximum absolute atomic E-state index is 12.4. The lowest BCUT2D eigenvalue weighted by Crippen LogP contribution is -2.30. The smallest absolute Gasteiger partial charge is 0.314 e. The van der Waals surface area contributed by atoms with E-state index in [0.29, 0.717) is 6.42 Å². The number of halogens is 3. The molecule has 1 aromatic rings. The second-order valence-electron chi connectivity index (χ2n) is 4.46. The van der Waals surface area contributed by atoms with Crippen molar-refractivity contribution >= 4 is 9.84 Å². The molecule has 1 rings (SSSR count). The fourth-order valence-electron chi connectivity index (χ4n) is 1.87. The van der Waals surface area contributed by atoms with Crippen molar-refractivity contribution in [2.45, 2.75) is 43.1 Å². The first kappa shape index (κ1) is 17.0. The van der Waals surface area contributed by atoms with Gasteiger partial charge in [-0.25, -0.2) is 8.42 Å². The largest absolute Gasteiger partial charge is 0.501 e. The summed E-state index contributed by atoms with van der Waals surface area (Å²) in [5, 5.41) is 3.25. The molecule has 0 saturated heterocycles. The first-order valence-corrected chi connectivity index (χ1v) is 7.84. The van der Waals surface area contributed by atoms with Gasteiger partial charge in [-0.1, -0.05) is 26.0 Å². The van der Waals surface area contributed by atoms with Gasteiger partial charge in [-0.05, 0) is 37.1 Å². The number of hydrogen-bond donors (Lipinski definition) is 1. The Morgan fingerprint density at radius 1 is 1.15 bits per heavy atom. The Kier molecular flexibility index (Phi) is 5.59. The van der Waals surface area contributed by atoms with E-state index in [-0.39, 0.29) is 6.04 Å². The quantitative estimate of drug-likeness (QED) is 0.879. The molecule has 0 heterocycles. The maximum atomic E-state index is 12.4. The van der Waals surface area contributed by atoms with E-state index in [1.807, 2.05) is 13.8 Å². The first-order valence-electron chi connectivity index (χ1n) is 6.36. The number of alkyl halides is 3. The van der Waals surface area contributed by atoms with Crippen LogP contribution < -0.4 is 5.32 Å². The average molecular weight is 309 g/mol. The summed E-state index contributed by atoms with van der Waals surface area (Å²) in [4.78, 5) is -0.717. The van der Waals surface area contributed by atoms with Crippen LogP contribution in [0, 0.1) is 0 Å². The van der Waals surface area contributed by atoms with Gasteiger partial charge in [0.1, 0.15) is 0 Å². The van der Waals surface area contributed by atoms with Crippen LogP contribution >= 0.6 is 0 Å². The first-order chi connectivity index (χ1) is 9.22. The Morgan fingerprint density at radius 2 is 1.70 bits per heavy atom. The van der Waals surface area contributed by atoms with E-state index < -0.39 is 20.2 Å². The van der Waals surface area contributed by atoms with Crippen molar-refractivity contribution in [1.82, 2.24) is 5.32 Å². The van der Waals surface area contributed by atoms with Crippen LogP contribution in [0.2, 0.25) is 0 Å². The molecular weight excluding hydrogens is 291 g/mol. The molecule has 0 aliphatic carbocycles. The van der Waals surface area contributed by atoms with Crippen LogP contribution in [0.4, 0.5) is 13.2 Å². The van der Waals surface area contributed by atoms with Crippen LogP contribution in [0.15, 0.2) is 29.2 Å². The molecule has 20 heavy (non-hydrogen) atoms. The molecule has 114 valence electrons. The molecule has 0 aliphatic rings. The van der Waals surface area contributed by atoms with E-state index in [9.17, 15) is 21.6 Å². The van der Waals surface area contributed by atoms with E-state index in [1.54, 1.807) is 0 Å². The third-order valence-corrected chi connectivity index (χ3v) is 4.51. The molecule has 0 spiro atoms. The molecule has 0 radical (unpaired) electrons. The van der Waals surface area contributed by atoms with Crippen molar-refractivity contribution in [3.05, 3.63) is 29.8 Å². The summed E-state index contributed by atoms with van der Waals surface area (Å²) in [5.74, 6) is 0. The summed E-state index contributed by atoms with van der Waals surface area (Å²) in [6, 6.07) is 5.11. The molecule has 0 aromatic heterocycles. The number of nitrogens with one attached hydrogen (secondary N) is 1. The highest BCUT2D eigenvalue weighted by atomic mass is 32.2. The summed E-state index contributed by atoms with van der Waals surface area (Å²) < 4.78 is 59.6. The molecule has 1 aromatic carbocycles. The number of sulfone groups is 1. The van der Waals surface area contributed by atoms with Gasteiger partial charge >= 0.3 is 5.51 Å². The topological polar surface area (TPSA) is 46.2 Å². The molecule has 0 amide bonds. The Balaban J connectivity index is 2.90. The highest BCUT2D eigenvalue weighted by Crippen LogP contribution is 2.30. The van der Waals surface area contributed by atoms with Crippen molar-refractivity contribution in [3.8, 4) is 0 Å². The maximum Gasteiger partial charge on any atom is 0.501 e. The molecule has 0 fully saturated rings. The fourth-order valence-corrected chi connectivity index (χ4v) is 2.63. The van der Waals surface area contributed by atoms with Crippen molar-refractivity contribution in [2.75, 3.05) is 6.54 Å². The highest BCUT2D eigenvalue weighted by Gasteiger charge is 2.46. The Morgan fingerprint density at radius 3 is 2.10 bits per heavy atom. The SMILES string of the molecule is CCNC(CC)Cc1ccc(S(=O)(=O)C(F)(F)F)cc1. The molecule has 1 N–H and O–H groups in total. The van der Waals surface area contributed by atoms with Crippen LogP contribution in [-0.4, -0.2) is 26.5 Å². The number of benzene rings is 1. The molecule has 1 unspecified atom stereocenters. The van der Waals surface area contributed by atoms with Gasteiger partial charge in [0.15, 0.2) is 0 Å². The number of hydrogen-bond acceptors (Lipinski definition) is 3. The summed E-state index contributed by atoms with van der Waals surface area (Å²) >= 11 is 0. The lowest BCUT2D eigenvalue weighted by molar-refractivity contribution is -0.0436. The monoisotopic (exact) mass is 309 g/mol. The zero-order chi connectivity index (χ0) is 15.4. The Bertz CT molecular complexity index is 524. The predicted molar refractivity (Wildman–Crippen MR) is 71.1 cm³/mol. The van der Waals surface area contributed by atoms with Gasteiger partial charge in [0.2, 0.25) is 0 Å².